The Morgan fingerprint density at radius 3 is 2.57 bits per heavy atom. The third-order valence-corrected chi connectivity index (χ3v) is 4.61. The Balaban J connectivity index is 1.90. The fourth-order valence-electron chi connectivity index (χ4n) is 3.76. The van der Waals surface area contributed by atoms with E-state index in [-0.39, 0.29) is 11.9 Å². The minimum absolute atomic E-state index is 0.0278. The minimum atomic E-state index is 0.0278. The maximum absolute atomic E-state index is 12.5. The largest absolute Gasteiger partial charge is 0.494 e. The topological polar surface area (TPSA) is 38.3 Å². The summed E-state index contributed by atoms with van der Waals surface area (Å²) in [5, 5.41) is 3.21. The molecular formula is C20H31NO2. The van der Waals surface area contributed by atoms with Gasteiger partial charge >= 0.3 is 0 Å². The molecule has 1 aromatic rings. The predicted molar refractivity (Wildman–Crippen MR) is 94.9 cm³/mol. The minimum Gasteiger partial charge on any atom is -0.494 e. The van der Waals surface area contributed by atoms with Crippen LogP contribution in [0.1, 0.15) is 70.2 Å². The fourth-order valence-corrected chi connectivity index (χ4v) is 3.76. The van der Waals surface area contributed by atoms with Crippen LogP contribution in [0.3, 0.4) is 0 Å². The number of carbonyl (C=O) groups excluding carboxylic acids is 1. The van der Waals surface area contributed by atoms with E-state index in [0.717, 1.165) is 38.0 Å². The van der Waals surface area contributed by atoms with E-state index in [1.165, 1.54) is 6.42 Å². The molecule has 0 radical (unpaired) electrons. The molecule has 2 rings (SSSR count). The van der Waals surface area contributed by atoms with Crippen LogP contribution in [0.5, 0.6) is 5.75 Å². The summed E-state index contributed by atoms with van der Waals surface area (Å²) in [7, 11) is 0. The Morgan fingerprint density at radius 1 is 1.26 bits per heavy atom. The Hall–Kier alpha value is -1.51. The summed E-state index contributed by atoms with van der Waals surface area (Å²) in [6.45, 7) is 9.75. The lowest BCUT2D eigenvalue weighted by Gasteiger charge is -2.39. The van der Waals surface area contributed by atoms with Crippen LogP contribution < -0.4 is 10.1 Å². The van der Waals surface area contributed by atoms with Crippen molar-refractivity contribution in [3.63, 3.8) is 0 Å². The number of carbonyl (C=O) groups is 1. The monoisotopic (exact) mass is 317 g/mol. The molecule has 1 aliphatic carbocycles. The molecule has 0 aliphatic heterocycles. The van der Waals surface area contributed by atoms with Gasteiger partial charge in [0.25, 0.3) is 5.91 Å². The second-order valence-corrected chi connectivity index (χ2v) is 7.81. The average molecular weight is 317 g/mol. The lowest BCUT2D eigenvalue weighted by Crippen LogP contribution is -2.42. The summed E-state index contributed by atoms with van der Waals surface area (Å²) in [5.41, 5.74) is 1.02. The summed E-state index contributed by atoms with van der Waals surface area (Å²) in [6, 6.07) is 7.76. The molecule has 2 atom stereocenters. The molecule has 0 heterocycles. The number of hydrogen-bond donors (Lipinski definition) is 1. The Labute approximate surface area is 140 Å². The van der Waals surface area contributed by atoms with Gasteiger partial charge in [0, 0.05) is 11.6 Å². The molecule has 1 aromatic carbocycles. The first-order chi connectivity index (χ1) is 10.9. The van der Waals surface area contributed by atoms with E-state index in [9.17, 15) is 4.79 Å². The number of amides is 1. The number of benzene rings is 1. The number of nitrogens with one attached hydrogen (secondary N) is 1. The summed E-state index contributed by atoms with van der Waals surface area (Å²) in [4.78, 5) is 12.5. The van der Waals surface area contributed by atoms with E-state index in [0.29, 0.717) is 16.9 Å². The second kappa shape index (κ2) is 7.85. The van der Waals surface area contributed by atoms with Gasteiger partial charge in [0.1, 0.15) is 5.75 Å². The molecule has 0 unspecified atom stereocenters. The van der Waals surface area contributed by atoms with Crippen molar-refractivity contribution in [3.8, 4) is 5.75 Å². The van der Waals surface area contributed by atoms with Crippen LogP contribution in [0.4, 0.5) is 0 Å². The Morgan fingerprint density at radius 2 is 1.96 bits per heavy atom. The first-order valence-electron chi connectivity index (χ1n) is 8.93. The van der Waals surface area contributed by atoms with Crippen molar-refractivity contribution < 1.29 is 9.53 Å². The normalized spacial score (nSPS) is 23.3. The van der Waals surface area contributed by atoms with E-state index < -0.39 is 0 Å². The van der Waals surface area contributed by atoms with Crippen LogP contribution in [-0.4, -0.2) is 18.6 Å². The van der Waals surface area contributed by atoms with E-state index in [4.69, 9.17) is 4.74 Å². The van der Waals surface area contributed by atoms with Crippen molar-refractivity contribution in [1.82, 2.24) is 5.32 Å². The van der Waals surface area contributed by atoms with Crippen LogP contribution in [0.25, 0.3) is 0 Å². The smallest absolute Gasteiger partial charge is 0.251 e. The quantitative estimate of drug-likeness (QED) is 0.765. The highest BCUT2D eigenvalue weighted by molar-refractivity contribution is 5.94. The van der Waals surface area contributed by atoms with Gasteiger partial charge in [0.15, 0.2) is 0 Å². The van der Waals surface area contributed by atoms with Crippen molar-refractivity contribution >= 4 is 5.91 Å². The summed E-state index contributed by atoms with van der Waals surface area (Å²) in [5.74, 6) is 1.53. The molecule has 1 N–H and O–H groups in total. The van der Waals surface area contributed by atoms with E-state index in [2.05, 4.69) is 33.0 Å². The van der Waals surface area contributed by atoms with Crippen molar-refractivity contribution in [2.45, 2.75) is 65.8 Å². The van der Waals surface area contributed by atoms with Gasteiger partial charge in [0.05, 0.1) is 6.61 Å². The number of ether oxygens (including phenoxy) is 1. The molecule has 0 spiro atoms. The molecular weight excluding hydrogens is 286 g/mol. The van der Waals surface area contributed by atoms with Crippen molar-refractivity contribution in [1.29, 1.82) is 0 Å². The van der Waals surface area contributed by atoms with Gasteiger partial charge in [0.2, 0.25) is 0 Å². The van der Waals surface area contributed by atoms with Gasteiger partial charge in [-0.3, -0.25) is 4.79 Å². The summed E-state index contributed by atoms with van der Waals surface area (Å²) in [6.07, 6.45) is 5.55. The van der Waals surface area contributed by atoms with Crippen molar-refractivity contribution in [3.05, 3.63) is 29.8 Å². The van der Waals surface area contributed by atoms with Gasteiger partial charge < -0.3 is 10.1 Å². The van der Waals surface area contributed by atoms with Gasteiger partial charge in [-0.2, -0.15) is 0 Å². The lowest BCUT2D eigenvalue weighted by molar-refractivity contribution is 0.0874. The molecule has 0 bridgehead atoms. The maximum Gasteiger partial charge on any atom is 0.251 e. The Kier molecular flexibility index (Phi) is 6.09. The zero-order valence-electron chi connectivity index (χ0n) is 15.0. The second-order valence-electron chi connectivity index (χ2n) is 7.81. The first-order valence-corrected chi connectivity index (χ1v) is 8.93. The van der Waals surface area contributed by atoms with Gasteiger partial charge in [-0.15, -0.1) is 0 Å². The molecule has 1 aliphatic rings. The van der Waals surface area contributed by atoms with Crippen LogP contribution in [0, 0.1) is 11.3 Å². The average Bonchev–Trinajstić information content (AvgIpc) is 2.46. The van der Waals surface area contributed by atoms with Gasteiger partial charge in [-0.25, -0.2) is 0 Å². The maximum atomic E-state index is 12.5. The van der Waals surface area contributed by atoms with Crippen molar-refractivity contribution in [2.24, 2.45) is 11.3 Å². The molecule has 1 saturated carbocycles. The number of rotatable bonds is 6. The zero-order chi connectivity index (χ0) is 16.9. The van der Waals surface area contributed by atoms with Gasteiger partial charge in [-0.1, -0.05) is 34.1 Å². The molecule has 23 heavy (non-hydrogen) atoms. The molecule has 3 nitrogen and oxygen atoms in total. The SMILES string of the molecule is CCCCOc1ccc(C(=O)N[C@@H]2C[C@H](C)CC(C)(C)C2)cc1. The number of hydrogen-bond acceptors (Lipinski definition) is 2. The highest BCUT2D eigenvalue weighted by Crippen LogP contribution is 2.38. The zero-order valence-corrected chi connectivity index (χ0v) is 15.0. The third kappa shape index (κ3) is 5.56. The Bertz CT molecular complexity index is 507. The third-order valence-electron chi connectivity index (χ3n) is 4.61. The van der Waals surface area contributed by atoms with Crippen LogP contribution in [-0.2, 0) is 0 Å². The highest BCUT2D eigenvalue weighted by atomic mass is 16.5. The molecule has 1 amide bonds. The van der Waals surface area contributed by atoms with E-state index in [1.54, 1.807) is 0 Å². The van der Waals surface area contributed by atoms with Crippen LogP contribution in [0.15, 0.2) is 24.3 Å². The molecule has 0 aromatic heterocycles. The first kappa shape index (κ1) is 17.8. The number of unbranched alkanes of at least 4 members (excludes halogenated alkanes) is 1. The lowest BCUT2D eigenvalue weighted by atomic mass is 9.70. The summed E-state index contributed by atoms with van der Waals surface area (Å²) < 4.78 is 5.64. The predicted octanol–water partition coefficient (Wildman–Crippen LogP) is 4.81. The molecule has 3 heteroatoms. The standard InChI is InChI=1S/C20H31NO2/c1-5-6-11-23-18-9-7-16(8-10-18)19(22)21-17-12-15(2)13-20(3,4)14-17/h7-10,15,17H,5-6,11-14H2,1-4H3,(H,21,22)/t15-,17+/m0/s1. The molecule has 128 valence electrons. The molecule has 1 fully saturated rings. The van der Waals surface area contributed by atoms with Crippen molar-refractivity contribution in [2.75, 3.05) is 6.61 Å². The van der Waals surface area contributed by atoms with E-state index in [1.807, 2.05) is 24.3 Å². The molecule has 0 saturated heterocycles. The van der Waals surface area contributed by atoms with Crippen LogP contribution in [0.2, 0.25) is 0 Å². The van der Waals surface area contributed by atoms with E-state index >= 15 is 0 Å². The fraction of sp³-hybridized carbons (Fsp3) is 0.650. The van der Waals surface area contributed by atoms with Crippen LogP contribution >= 0.6 is 0 Å². The van der Waals surface area contributed by atoms with Gasteiger partial charge in [-0.05, 0) is 61.3 Å². The highest BCUT2D eigenvalue weighted by Gasteiger charge is 2.32. The summed E-state index contributed by atoms with van der Waals surface area (Å²) >= 11 is 0.